The monoisotopic (exact) mass is 452 g/mol. The Bertz CT molecular complexity index is 1030. The Morgan fingerprint density at radius 3 is 2.30 bits per heavy atom. The van der Waals surface area contributed by atoms with Gasteiger partial charge in [-0.2, -0.15) is 0 Å². The lowest BCUT2D eigenvalue weighted by atomic mass is 10.2. The molecule has 9 nitrogen and oxygen atoms in total. The summed E-state index contributed by atoms with van der Waals surface area (Å²) in [5, 5.41) is 0.140. The lowest BCUT2D eigenvalue weighted by molar-refractivity contribution is 0.0573. The van der Waals surface area contributed by atoms with Crippen LogP contribution in [0.1, 0.15) is 27.9 Å². The van der Waals surface area contributed by atoms with Gasteiger partial charge in [-0.1, -0.05) is 29.0 Å². The van der Waals surface area contributed by atoms with E-state index in [9.17, 15) is 18.0 Å². The van der Waals surface area contributed by atoms with Crippen LogP contribution in [0.2, 0.25) is 0 Å². The number of sulfonamides is 1. The predicted molar refractivity (Wildman–Crippen MR) is 113 cm³/mol. The second-order valence-corrected chi connectivity index (χ2v) is 9.51. The first-order chi connectivity index (χ1) is 14.2. The van der Waals surface area contributed by atoms with Crippen LogP contribution in [0.4, 0.5) is 9.93 Å². The summed E-state index contributed by atoms with van der Waals surface area (Å²) in [5.74, 6) is -0.228. The van der Waals surface area contributed by atoms with E-state index in [-0.39, 0.29) is 22.0 Å². The van der Waals surface area contributed by atoms with Crippen LogP contribution in [0, 0.1) is 13.8 Å². The molecule has 0 aliphatic carbocycles. The number of rotatable bonds is 5. The number of hydrogen-bond donors (Lipinski definition) is 1. The summed E-state index contributed by atoms with van der Waals surface area (Å²) >= 11 is 1.00. The van der Waals surface area contributed by atoms with E-state index in [1.165, 1.54) is 12.1 Å². The highest BCUT2D eigenvalue weighted by Gasteiger charge is 2.28. The zero-order valence-electron chi connectivity index (χ0n) is 17.0. The highest BCUT2D eigenvalue weighted by molar-refractivity contribution is 7.93. The number of aryl methyl sites for hydroxylation is 2. The van der Waals surface area contributed by atoms with Crippen molar-refractivity contribution in [2.75, 3.05) is 37.5 Å². The number of benzene rings is 1. The Kier molecular flexibility index (Phi) is 6.61. The maximum Gasteiger partial charge on any atom is 0.409 e. The van der Waals surface area contributed by atoms with Crippen LogP contribution < -0.4 is 4.72 Å². The number of ether oxygens (including phenoxy) is 1. The zero-order valence-corrected chi connectivity index (χ0v) is 18.7. The number of thiazole rings is 1. The Balaban J connectivity index is 1.68. The van der Waals surface area contributed by atoms with Crippen molar-refractivity contribution in [3.63, 3.8) is 0 Å². The highest BCUT2D eigenvalue weighted by Crippen LogP contribution is 2.27. The lowest BCUT2D eigenvalue weighted by Gasteiger charge is -2.33. The van der Waals surface area contributed by atoms with Crippen molar-refractivity contribution in [1.29, 1.82) is 0 Å². The fraction of sp³-hybridized carbons (Fsp3) is 0.421. The van der Waals surface area contributed by atoms with Crippen LogP contribution >= 0.6 is 11.3 Å². The normalized spacial score (nSPS) is 14.5. The minimum Gasteiger partial charge on any atom is -0.450 e. The average Bonchev–Trinajstić information content (AvgIpc) is 3.07. The van der Waals surface area contributed by atoms with Crippen LogP contribution in [0.15, 0.2) is 29.2 Å². The Morgan fingerprint density at radius 1 is 1.10 bits per heavy atom. The summed E-state index contributed by atoms with van der Waals surface area (Å²) in [6.45, 7) is 7.11. The fourth-order valence-corrected chi connectivity index (χ4v) is 5.15. The molecule has 3 rings (SSSR count). The van der Waals surface area contributed by atoms with Gasteiger partial charge in [0.15, 0.2) is 5.13 Å². The molecule has 1 aromatic carbocycles. The Morgan fingerprint density at radius 2 is 1.70 bits per heavy atom. The molecule has 0 bridgehead atoms. The summed E-state index contributed by atoms with van der Waals surface area (Å²) in [4.78, 5) is 32.6. The van der Waals surface area contributed by atoms with Gasteiger partial charge in [0.1, 0.15) is 4.88 Å². The van der Waals surface area contributed by atoms with Gasteiger partial charge in [0.05, 0.1) is 17.2 Å². The molecule has 0 radical (unpaired) electrons. The van der Waals surface area contributed by atoms with E-state index in [0.717, 1.165) is 16.9 Å². The Hall–Kier alpha value is -2.66. The van der Waals surface area contributed by atoms with Gasteiger partial charge in [0.25, 0.3) is 15.9 Å². The number of anilines is 1. The van der Waals surface area contributed by atoms with Gasteiger partial charge >= 0.3 is 6.09 Å². The molecule has 11 heteroatoms. The van der Waals surface area contributed by atoms with Gasteiger partial charge in [-0.05, 0) is 32.9 Å². The van der Waals surface area contributed by atoms with Crippen molar-refractivity contribution in [2.24, 2.45) is 0 Å². The lowest BCUT2D eigenvalue weighted by Crippen LogP contribution is -2.50. The maximum atomic E-state index is 12.9. The van der Waals surface area contributed by atoms with Gasteiger partial charge in [-0.25, -0.2) is 18.2 Å². The molecule has 0 atom stereocenters. The number of aromatic nitrogens is 1. The van der Waals surface area contributed by atoms with Crippen molar-refractivity contribution in [3.05, 3.63) is 40.4 Å². The summed E-state index contributed by atoms with van der Waals surface area (Å²) in [6.07, 6.45) is -0.383. The highest BCUT2D eigenvalue weighted by atomic mass is 32.2. The first-order valence-corrected chi connectivity index (χ1v) is 11.8. The smallest absolute Gasteiger partial charge is 0.409 e. The summed E-state index contributed by atoms with van der Waals surface area (Å²) < 4.78 is 32.6. The van der Waals surface area contributed by atoms with Crippen molar-refractivity contribution in [3.8, 4) is 0 Å². The van der Waals surface area contributed by atoms with Crippen molar-refractivity contribution in [1.82, 2.24) is 14.8 Å². The quantitative estimate of drug-likeness (QED) is 0.747. The number of hydrogen-bond acceptors (Lipinski definition) is 7. The van der Waals surface area contributed by atoms with Crippen LogP contribution in [0.5, 0.6) is 0 Å². The van der Waals surface area contributed by atoms with Gasteiger partial charge in [0.2, 0.25) is 0 Å². The second-order valence-electron chi connectivity index (χ2n) is 6.83. The molecular formula is C19H24N4O5S2. The first-order valence-electron chi connectivity index (χ1n) is 9.49. The summed E-state index contributed by atoms with van der Waals surface area (Å²) in [5.41, 5.74) is 1.41. The van der Waals surface area contributed by atoms with Gasteiger partial charge in [-0.15, -0.1) is 0 Å². The molecule has 0 spiro atoms. The first kappa shape index (κ1) is 22.0. The van der Waals surface area contributed by atoms with Crippen LogP contribution in [-0.2, 0) is 14.8 Å². The average molecular weight is 453 g/mol. The van der Waals surface area contributed by atoms with E-state index in [2.05, 4.69) is 9.71 Å². The molecule has 2 amide bonds. The molecule has 0 saturated carbocycles. The largest absolute Gasteiger partial charge is 0.450 e. The molecule has 1 aliphatic rings. The number of nitrogens with zero attached hydrogens (tertiary/aromatic N) is 3. The number of carbonyl (C=O) groups excluding carboxylic acids is 2. The van der Waals surface area contributed by atoms with E-state index < -0.39 is 10.0 Å². The van der Waals surface area contributed by atoms with Gasteiger partial charge < -0.3 is 14.5 Å². The number of carbonyl (C=O) groups is 2. The molecular weight excluding hydrogens is 428 g/mol. The molecule has 1 aliphatic heterocycles. The van der Waals surface area contributed by atoms with Crippen molar-refractivity contribution >= 4 is 38.5 Å². The minimum atomic E-state index is -3.79. The Labute approximate surface area is 179 Å². The molecule has 2 heterocycles. The van der Waals surface area contributed by atoms with Crippen molar-refractivity contribution in [2.45, 2.75) is 25.7 Å². The van der Waals surface area contributed by atoms with E-state index in [1.54, 1.807) is 35.8 Å². The molecule has 1 saturated heterocycles. The third kappa shape index (κ3) is 4.90. The van der Waals surface area contributed by atoms with Gasteiger partial charge in [0, 0.05) is 26.2 Å². The molecule has 2 aromatic rings. The fourth-order valence-electron chi connectivity index (χ4n) is 2.98. The SMILES string of the molecule is CCOC(=O)N1CCN(C(=O)c2sc(NS(=O)(=O)c3ccc(C)cc3)nc2C)CC1. The molecule has 1 fully saturated rings. The summed E-state index contributed by atoms with van der Waals surface area (Å²) in [7, 11) is -3.79. The van der Waals surface area contributed by atoms with Crippen LogP contribution in [0.3, 0.4) is 0 Å². The van der Waals surface area contributed by atoms with E-state index in [1.807, 2.05) is 6.92 Å². The minimum absolute atomic E-state index is 0.129. The summed E-state index contributed by atoms with van der Waals surface area (Å²) in [6, 6.07) is 6.47. The zero-order chi connectivity index (χ0) is 21.9. The van der Waals surface area contributed by atoms with Crippen molar-refractivity contribution < 1.29 is 22.7 Å². The second kappa shape index (κ2) is 9.00. The third-order valence-corrected chi connectivity index (χ3v) is 7.18. The number of piperazine rings is 1. The van der Waals surface area contributed by atoms with E-state index in [4.69, 9.17) is 4.74 Å². The molecule has 1 aromatic heterocycles. The molecule has 0 unspecified atom stereocenters. The van der Waals surface area contributed by atoms with Crippen LogP contribution in [0.25, 0.3) is 0 Å². The maximum absolute atomic E-state index is 12.9. The number of amides is 2. The van der Waals surface area contributed by atoms with Crippen LogP contribution in [-0.4, -0.2) is 68.0 Å². The molecule has 30 heavy (non-hydrogen) atoms. The van der Waals surface area contributed by atoms with Gasteiger partial charge in [-0.3, -0.25) is 9.52 Å². The topological polar surface area (TPSA) is 109 Å². The standard InChI is InChI=1S/C19H24N4O5S2/c1-4-28-19(25)23-11-9-22(10-12-23)17(24)16-14(3)20-18(29-16)21-30(26,27)15-7-5-13(2)6-8-15/h5-8H,4,9-12H2,1-3H3,(H,20,21). The molecule has 162 valence electrons. The predicted octanol–water partition coefficient (Wildman–Crippen LogP) is 2.48. The number of nitrogens with one attached hydrogen (secondary N) is 1. The molecule has 1 N–H and O–H groups in total. The third-order valence-electron chi connectivity index (χ3n) is 4.64. The van der Waals surface area contributed by atoms with E-state index in [0.29, 0.717) is 43.4 Å². The van der Waals surface area contributed by atoms with E-state index >= 15 is 0 Å².